The molecule has 0 N–H and O–H groups in total. The summed E-state index contributed by atoms with van der Waals surface area (Å²) in [6.45, 7) is 9.57. The Hall–Kier alpha value is -2.37. The van der Waals surface area contributed by atoms with Crippen molar-refractivity contribution in [3.63, 3.8) is 0 Å². The highest BCUT2D eigenvalue weighted by atomic mass is 16.5. The smallest absolute Gasteiger partial charge is 0.253 e. The quantitative estimate of drug-likeness (QED) is 0.557. The Labute approximate surface area is 210 Å². The lowest BCUT2D eigenvalue weighted by Crippen LogP contribution is -2.37. The first kappa shape index (κ1) is 24.3. The van der Waals surface area contributed by atoms with Gasteiger partial charge >= 0.3 is 0 Å². The van der Waals surface area contributed by atoms with Crippen LogP contribution in [0.2, 0.25) is 0 Å². The van der Waals surface area contributed by atoms with E-state index in [4.69, 9.17) is 9.47 Å². The fourth-order valence-corrected chi connectivity index (χ4v) is 5.62. The van der Waals surface area contributed by atoms with E-state index in [2.05, 4.69) is 36.9 Å². The van der Waals surface area contributed by atoms with Crippen molar-refractivity contribution in [2.45, 2.75) is 71.1 Å². The highest BCUT2D eigenvalue weighted by Gasteiger charge is 2.29. The van der Waals surface area contributed by atoms with Gasteiger partial charge in [-0.05, 0) is 98.0 Å². The van der Waals surface area contributed by atoms with Crippen molar-refractivity contribution in [1.29, 1.82) is 0 Å². The van der Waals surface area contributed by atoms with Crippen molar-refractivity contribution >= 4 is 5.91 Å². The molecule has 1 aliphatic carbocycles. The molecule has 5 rings (SSSR count). The number of likely N-dealkylation sites (tertiary alicyclic amines) is 1. The summed E-state index contributed by atoms with van der Waals surface area (Å²) >= 11 is 0. The highest BCUT2D eigenvalue weighted by molar-refractivity contribution is 5.94. The van der Waals surface area contributed by atoms with Crippen LogP contribution in [0.25, 0.3) is 0 Å². The maximum absolute atomic E-state index is 13.2. The molecule has 2 atom stereocenters. The summed E-state index contributed by atoms with van der Waals surface area (Å²) in [5.74, 6) is 0.863. The van der Waals surface area contributed by atoms with Crippen LogP contribution in [0, 0.1) is 5.41 Å². The number of amides is 1. The van der Waals surface area contributed by atoms with Crippen LogP contribution >= 0.6 is 0 Å². The number of nitrogens with zero attached hydrogens (tertiary/aromatic N) is 2. The van der Waals surface area contributed by atoms with Gasteiger partial charge in [0.05, 0.1) is 6.10 Å². The number of hydrogen-bond acceptors (Lipinski definition) is 4. The average molecular weight is 477 g/mol. The monoisotopic (exact) mass is 476 g/mol. The van der Waals surface area contributed by atoms with E-state index in [9.17, 15) is 4.79 Å². The van der Waals surface area contributed by atoms with E-state index in [0.29, 0.717) is 17.6 Å². The van der Waals surface area contributed by atoms with E-state index in [1.54, 1.807) is 0 Å². The number of likely N-dealkylation sites (N-methyl/N-ethyl adjacent to an activating group) is 1. The van der Waals surface area contributed by atoms with Gasteiger partial charge in [-0.2, -0.15) is 0 Å². The van der Waals surface area contributed by atoms with Gasteiger partial charge in [0, 0.05) is 31.8 Å². The van der Waals surface area contributed by atoms with Gasteiger partial charge in [0.1, 0.15) is 12.4 Å². The van der Waals surface area contributed by atoms with Gasteiger partial charge < -0.3 is 14.4 Å². The van der Waals surface area contributed by atoms with Crippen molar-refractivity contribution in [1.82, 2.24) is 9.80 Å². The molecule has 1 amide bonds. The van der Waals surface area contributed by atoms with Crippen LogP contribution in [-0.4, -0.2) is 61.2 Å². The van der Waals surface area contributed by atoms with E-state index in [-0.39, 0.29) is 18.1 Å². The maximum Gasteiger partial charge on any atom is 0.253 e. The first-order valence-electron chi connectivity index (χ1n) is 13.3. The molecule has 2 unspecified atom stereocenters. The van der Waals surface area contributed by atoms with E-state index in [1.165, 1.54) is 42.6 Å². The Balaban J connectivity index is 1.15. The second-order valence-electron chi connectivity index (χ2n) is 11.5. The van der Waals surface area contributed by atoms with Crippen LogP contribution in [-0.2, 0) is 24.1 Å². The molecule has 0 spiro atoms. The third-order valence-electron chi connectivity index (χ3n) is 8.23. The second-order valence-corrected chi connectivity index (χ2v) is 11.5. The molecule has 2 aromatic rings. The SMILES string of the molecule is CN(C(=O)c1ccc(OCC2CCCO2)cc1)C1Cc2ccc(CN3CCC(C)(C)CC3)cc2C1. The third-order valence-corrected chi connectivity index (χ3v) is 8.23. The summed E-state index contributed by atoms with van der Waals surface area (Å²) in [7, 11) is 1.94. The van der Waals surface area contributed by atoms with Crippen molar-refractivity contribution in [2.24, 2.45) is 5.41 Å². The van der Waals surface area contributed by atoms with Crippen molar-refractivity contribution in [3.8, 4) is 5.75 Å². The number of hydrogen-bond donors (Lipinski definition) is 0. The zero-order valence-electron chi connectivity index (χ0n) is 21.6. The minimum atomic E-state index is 0.0737. The minimum Gasteiger partial charge on any atom is -0.491 e. The van der Waals surface area contributed by atoms with Crippen LogP contribution in [0.5, 0.6) is 5.75 Å². The molecule has 0 radical (unpaired) electrons. The summed E-state index contributed by atoms with van der Waals surface area (Å²) in [5.41, 5.74) is 5.38. The van der Waals surface area contributed by atoms with Crippen molar-refractivity contribution in [3.05, 3.63) is 64.7 Å². The number of carbonyl (C=O) groups is 1. The van der Waals surface area contributed by atoms with Crippen LogP contribution in [0.3, 0.4) is 0 Å². The first-order chi connectivity index (χ1) is 16.9. The fraction of sp³-hybridized carbons (Fsp3) is 0.567. The molecule has 5 heteroatoms. The number of fused-ring (bicyclic) bond motifs is 1. The van der Waals surface area contributed by atoms with E-state index < -0.39 is 0 Å². The normalized spacial score (nSPS) is 23.7. The van der Waals surface area contributed by atoms with Crippen molar-refractivity contribution in [2.75, 3.05) is 33.4 Å². The molecule has 2 aliphatic heterocycles. The van der Waals surface area contributed by atoms with Gasteiger partial charge in [0.15, 0.2) is 0 Å². The fourth-order valence-electron chi connectivity index (χ4n) is 5.62. The molecule has 0 saturated carbocycles. The zero-order valence-corrected chi connectivity index (χ0v) is 21.6. The standard InChI is InChI=1S/C30H40N2O3/c1-30(2)12-14-32(15-13-30)20-22-6-7-24-18-26(19-25(24)17-22)31(3)29(33)23-8-10-27(11-9-23)35-21-28-5-4-16-34-28/h6-11,17,26,28H,4-5,12-16,18-21H2,1-3H3. The molecule has 2 saturated heterocycles. The van der Waals surface area contributed by atoms with Gasteiger partial charge in [-0.1, -0.05) is 32.0 Å². The third kappa shape index (κ3) is 5.90. The largest absolute Gasteiger partial charge is 0.491 e. The van der Waals surface area contributed by atoms with Gasteiger partial charge in [-0.3, -0.25) is 9.69 Å². The molecular weight excluding hydrogens is 436 g/mol. The second kappa shape index (κ2) is 10.3. The number of benzene rings is 2. The predicted molar refractivity (Wildman–Crippen MR) is 139 cm³/mol. The van der Waals surface area contributed by atoms with Gasteiger partial charge in [-0.15, -0.1) is 0 Å². The Kier molecular flexibility index (Phi) is 7.17. The molecule has 35 heavy (non-hydrogen) atoms. The highest BCUT2D eigenvalue weighted by Crippen LogP contribution is 2.31. The summed E-state index contributed by atoms with van der Waals surface area (Å²) in [5, 5.41) is 0. The lowest BCUT2D eigenvalue weighted by Gasteiger charge is -2.37. The van der Waals surface area contributed by atoms with Crippen LogP contribution < -0.4 is 4.74 Å². The molecular formula is C30H40N2O3. The van der Waals surface area contributed by atoms with Crippen molar-refractivity contribution < 1.29 is 14.3 Å². The minimum absolute atomic E-state index is 0.0737. The number of piperidine rings is 1. The Bertz CT molecular complexity index is 1020. The topological polar surface area (TPSA) is 42.0 Å². The summed E-state index contributed by atoms with van der Waals surface area (Å²) in [6, 6.07) is 14.7. The summed E-state index contributed by atoms with van der Waals surface area (Å²) in [4.78, 5) is 17.7. The molecule has 2 fully saturated rings. The summed E-state index contributed by atoms with van der Waals surface area (Å²) in [6.07, 6.45) is 6.77. The number of rotatable bonds is 7. The van der Waals surface area contributed by atoms with Crippen LogP contribution in [0.15, 0.2) is 42.5 Å². The van der Waals surface area contributed by atoms with Gasteiger partial charge in [0.2, 0.25) is 0 Å². The summed E-state index contributed by atoms with van der Waals surface area (Å²) < 4.78 is 11.5. The molecule has 5 nitrogen and oxygen atoms in total. The zero-order chi connectivity index (χ0) is 24.4. The first-order valence-corrected chi connectivity index (χ1v) is 13.3. The predicted octanol–water partition coefficient (Wildman–Crippen LogP) is 5.11. The lowest BCUT2D eigenvalue weighted by atomic mass is 9.82. The lowest BCUT2D eigenvalue weighted by molar-refractivity contribution is 0.0678. The molecule has 0 aromatic heterocycles. The molecule has 188 valence electrons. The molecule has 2 heterocycles. The van der Waals surface area contributed by atoms with Crippen LogP contribution in [0.1, 0.15) is 66.6 Å². The van der Waals surface area contributed by atoms with Gasteiger partial charge in [-0.25, -0.2) is 0 Å². The van der Waals surface area contributed by atoms with E-state index >= 15 is 0 Å². The molecule has 0 bridgehead atoms. The average Bonchev–Trinajstić information content (AvgIpc) is 3.53. The Morgan fingerprint density at radius 3 is 2.54 bits per heavy atom. The van der Waals surface area contributed by atoms with Crippen LogP contribution in [0.4, 0.5) is 0 Å². The van der Waals surface area contributed by atoms with E-state index in [1.807, 2.05) is 36.2 Å². The number of ether oxygens (including phenoxy) is 2. The number of carbonyl (C=O) groups excluding carboxylic acids is 1. The molecule has 3 aliphatic rings. The van der Waals surface area contributed by atoms with Gasteiger partial charge in [0.25, 0.3) is 5.91 Å². The Morgan fingerprint density at radius 2 is 1.83 bits per heavy atom. The van der Waals surface area contributed by atoms with E-state index in [0.717, 1.165) is 44.6 Å². The maximum atomic E-state index is 13.2. The Morgan fingerprint density at radius 1 is 1.09 bits per heavy atom. The molecule has 2 aromatic carbocycles.